The van der Waals surface area contributed by atoms with Crippen molar-refractivity contribution >= 4 is 29.1 Å². The Morgan fingerprint density at radius 1 is 1.08 bits per heavy atom. The van der Waals surface area contributed by atoms with Crippen molar-refractivity contribution in [2.24, 2.45) is 5.92 Å². The standard InChI is InChI=1S/C21H28N6O2S.C2HF3O2/c28-20(22-12-15-4-2-1-3-5-15)19-24-23-18-17-13-26(21(29)16-6-11-30-14-16)8-7-25(17)9-10-27(18)19;3-2(4,5)1(6)7/h6,11,14-15,17H,1-5,7-10,12-13H2,(H,22,28);(H,6,7). The van der Waals surface area contributed by atoms with Gasteiger partial charge in [0.25, 0.3) is 11.8 Å². The molecule has 5 rings (SSSR count). The highest BCUT2D eigenvalue weighted by molar-refractivity contribution is 7.08. The van der Waals surface area contributed by atoms with Gasteiger partial charge in [-0.15, -0.1) is 10.2 Å². The molecule has 0 bridgehead atoms. The van der Waals surface area contributed by atoms with Gasteiger partial charge < -0.3 is 19.9 Å². The smallest absolute Gasteiger partial charge is 0.475 e. The summed E-state index contributed by atoms with van der Waals surface area (Å²) in [5.74, 6) is -1.04. The third kappa shape index (κ3) is 6.47. The average Bonchev–Trinajstić information content (AvgIpc) is 3.57. The number of fused-ring (bicyclic) bond motifs is 3. The number of nitrogens with zero attached hydrogens (tertiary/aromatic N) is 5. The Kier molecular flexibility index (Phi) is 8.47. The summed E-state index contributed by atoms with van der Waals surface area (Å²) in [5.41, 5.74) is 0.744. The third-order valence-electron chi connectivity index (χ3n) is 6.96. The Morgan fingerprint density at radius 3 is 2.43 bits per heavy atom. The second kappa shape index (κ2) is 11.6. The van der Waals surface area contributed by atoms with Crippen LogP contribution in [0.2, 0.25) is 0 Å². The van der Waals surface area contributed by atoms with Crippen LogP contribution in [0.1, 0.15) is 64.9 Å². The molecule has 2 amide bonds. The Morgan fingerprint density at radius 2 is 1.78 bits per heavy atom. The number of piperazine rings is 1. The van der Waals surface area contributed by atoms with Crippen LogP contribution in [0.15, 0.2) is 16.8 Å². The number of carboxylic acids is 1. The second-order valence-corrected chi connectivity index (χ2v) is 10.1. The molecule has 0 aromatic carbocycles. The maximum absolute atomic E-state index is 12.8. The zero-order valence-electron chi connectivity index (χ0n) is 20.1. The minimum absolute atomic E-state index is 0.0116. The van der Waals surface area contributed by atoms with Crippen LogP contribution in [0, 0.1) is 5.92 Å². The van der Waals surface area contributed by atoms with Crippen LogP contribution < -0.4 is 5.32 Å². The van der Waals surface area contributed by atoms with Gasteiger partial charge in [0.2, 0.25) is 5.82 Å². The summed E-state index contributed by atoms with van der Waals surface area (Å²) in [6.07, 6.45) is 1.15. The summed E-state index contributed by atoms with van der Waals surface area (Å²) < 4.78 is 33.7. The fraction of sp³-hybridized carbons (Fsp3) is 0.609. The molecule has 2 N–H and O–H groups in total. The molecule has 2 aliphatic heterocycles. The molecular weight excluding hydrogens is 513 g/mol. The molecule has 1 atom stereocenters. The molecule has 14 heteroatoms. The molecule has 0 spiro atoms. The molecular formula is C23H29F3N6O4S. The van der Waals surface area contributed by atoms with E-state index in [-0.39, 0.29) is 17.9 Å². The average molecular weight is 543 g/mol. The van der Waals surface area contributed by atoms with E-state index in [1.165, 1.54) is 43.4 Å². The maximum atomic E-state index is 12.8. The topological polar surface area (TPSA) is 121 Å². The summed E-state index contributed by atoms with van der Waals surface area (Å²) in [5, 5.41) is 22.7. The van der Waals surface area contributed by atoms with Crippen molar-refractivity contribution in [3.63, 3.8) is 0 Å². The van der Waals surface area contributed by atoms with E-state index < -0.39 is 12.1 Å². The summed E-state index contributed by atoms with van der Waals surface area (Å²) in [7, 11) is 0. The number of aromatic nitrogens is 3. The fourth-order valence-electron chi connectivity index (χ4n) is 4.97. The number of nitrogens with one attached hydrogen (secondary N) is 1. The lowest BCUT2D eigenvalue weighted by molar-refractivity contribution is -0.192. The number of hydrogen-bond donors (Lipinski definition) is 2. The number of alkyl halides is 3. The number of aliphatic carboxylic acids is 1. The minimum Gasteiger partial charge on any atom is -0.475 e. The van der Waals surface area contributed by atoms with Crippen LogP contribution in [0.3, 0.4) is 0 Å². The van der Waals surface area contributed by atoms with Crippen LogP contribution in [-0.4, -0.2) is 86.4 Å². The van der Waals surface area contributed by atoms with E-state index in [2.05, 4.69) is 20.4 Å². The molecule has 1 aliphatic carbocycles. The molecule has 2 fully saturated rings. The highest BCUT2D eigenvalue weighted by Crippen LogP contribution is 2.29. The Balaban J connectivity index is 0.000000405. The van der Waals surface area contributed by atoms with Crippen molar-refractivity contribution in [1.82, 2.24) is 29.9 Å². The molecule has 2 aromatic rings. The number of halogens is 3. The number of hydrogen-bond acceptors (Lipinski definition) is 7. The van der Waals surface area contributed by atoms with Gasteiger partial charge in [0, 0.05) is 44.6 Å². The Bertz CT molecular complexity index is 1100. The van der Waals surface area contributed by atoms with Gasteiger partial charge in [0.15, 0.2) is 5.82 Å². The third-order valence-corrected chi connectivity index (χ3v) is 7.64. The van der Waals surface area contributed by atoms with Gasteiger partial charge in [-0.05, 0) is 30.2 Å². The lowest BCUT2D eigenvalue weighted by Crippen LogP contribution is -2.53. The first-order valence-electron chi connectivity index (χ1n) is 12.2. The number of carboxylic acid groups (broad SMARTS) is 1. The minimum atomic E-state index is -5.08. The van der Waals surface area contributed by atoms with E-state index in [0.29, 0.717) is 31.4 Å². The maximum Gasteiger partial charge on any atom is 0.490 e. The fourth-order valence-corrected chi connectivity index (χ4v) is 5.60. The van der Waals surface area contributed by atoms with Crippen LogP contribution in [-0.2, 0) is 11.3 Å². The lowest BCUT2D eigenvalue weighted by atomic mass is 9.89. The van der Waals surface area contributed by atoms with E-state index in [4.69, 9.17) is 9.90 Å². The number of carbonyl (C=O) groups is 3. The largest absolute Gasteiger partial charge is 0.490 e. The van der Waals surface area contributed by atoms with Crippen molar-refractivity contribution < 1.29 is 32.7 Å². The van der Waals surface area contributed by atoms with Gasteiger partial charge in [0.1, 0.15) is 0 Å². The van der Waals surface area contributed by atoms with Crippen LogP contribution in [0.5, 0.6) is 0 Å². The Hall–Kier alpha value is -3.00. The highest BCUT2D eigenvalue weighted by atomic mass is 32.1. The monoisotopic (exact) mass is 542 g/mol. The lowest BCUT2D eigenvalue weighted by Gasteiger charge is -2.43. The summed E-state index contributed by atoms with van der Waals surface area (Å²) >= 11 is 1.54. The zero-order valence-corrected chi connectivity index (χ0v) is 20.9. The van der Waals surface area contributed by atoms with Gasteiger partial charge >= 0.3 is 12.1 Å². The Labute approximate surface area is 215 Å². The predicted octanol–water partition coefficient (Wildman–Crippen LogP) is 2.80. The molecule has 3 aliphatic rings. The molecule has 2 aromatic heterocycles. The van der Waals surface area contributed by atoms with Crippen molar-refractivity contribution in [2.75, 3.05) is 32.7 Å². The molecule has 202 valence electrons. The van der Waals surface area contributed by atoms with Crippen molar-refractivity contribution in [3.8, 4) is 0 Å². The van der Waals surface area contributed by atoms with Crippen molar-refractivity contribution in [3.05, 3.63) is 34.0 Å². The number of rotatable bonds is 4. The molecule has 10 nitrogen and oxygen atoms in total. The van der Waals surface area contributed by atoms with Crippen LogP contribution >= 0.6 is 11.3 Å². The summed E-state index contributed by atoms with van der Waals surface area (Å²) in [6, 6.07) is 1.86. The van der Waals surface area contributed by atoms with Gasteiger partial charge in [-0.1, -0.05) is 19.3 Å². The first kappa shape index (κ1) is 27.0. The molecule has 0 radical (unpaired) electrons. The molecule has 1 saturated carbocycles. The number of amides is 2. The SMILES string of the molecule is O=C(NCC1CCCCC1)c1nnc2n1CCN1CCN(C(=O)c3ccsc3)CC21.O=C(O)C(F)(F)F. The van der Waals surface area contributed by atoms with Gasteiger partial charge in [0.05, 0.1) is 11.6 Å². The highest BCUT2D eigenvalue weighted by Gasteiger charge is 2.39. The number of thiophene rings is 1. The normalized spacial score (nSPS) is 20.3. The van der Waals surface area contributed by atoms with E-state index >= 15 is 0 Å². The van der Waals surface area contributed by atoms with Crippen LogP contribution in [0.25, 0.3) is 0 Å². The molecule has 4 heterocycles. The number of carbonyl (C=O) groups excluding carboxylic acids is 2. The van der Waals surface area contributed by atoms with E-state index in [9.17, 15) is 22.8 Å². The summed E-state index contributed by atoms with van der Waals surface area (Å²) in [6.45, 7) is 4.39. The van der Waals surface area contributed by atoms with Gasteiger partial charge in [-0.25, -0.2) is 4.79 Å². The van der Waals surface area contributed by atoms with Crippen molar-refractivity contribution in [2.45, 2.75) is 50.9 Å². The molecule has 1 saturated heterocycles. The quantitative estimate of drug-likeness (QED) is 0.610. The molecule has 1 unspecified atom stereocenters. The first-order valence-corrected chi connectivity index (χ1v) is 13.2. The van der Waals surface area contributed by atoms with Gasteiger partial charge in [-0.2, -0.15) is 24.5 Å². The second-order valence-electron chi connectivity index (χ2n) is 9.37. The zero-order chi connectivity index (χ0) is 26.6. The van der Waals surface area contributed by atoms with E-state index in [0.717, 1.165) is 31.0 Å². The van der Waals surface area contributed by atoms with E-state index in [1.807, 2.05) is 26.3 Å². The van der Waals surface area contributed by atoms with Crippen LogP contribution in [0.4, 0.5) is 13.2 Å². The van der Waals surface area contributed by atoms with Gasteiger partial charge in [-0.3, -0.25) is 14.5 Å². The first-order chi connectivity index (χ1) is 17.6. The van der Waals surface area contributed by atoms with E-state index in [1.54, 1.807) is 0 Å². The molecule has 37 heavy (non-hydrogen) atoms. The predicted molar refractivity (Wildman–Crippen MR) is 127 cm³/mol. The summed E-state index contributed by atoms with van der Waals surface area (Å²) in [4.78, 5) is 38.7. The van der Waals surface area contributed by atoms with Crippen molar-refractivity contribution in [1.29, 1.82) is 0 Å².